The molecule has 0 radical (unpaired) electrons. The van der Waals surface area contributed by atoms with Crippen LogP contribution in [0.25, 0.3) is 0 Å². The quantitative estimate of drug-likeness (QED) is 0.858. The summed E-state index contributed by atoms with van der Waals surface area (Å²) in [6.45, 7) is 5.94. The lowest BCUT2D eigenvalue weighted by molar-refractivity contribution is -0.111. The zero-order valence-electron chi connectivity index (χ0n) is 10.3. The van der Waals surface area contributed by atoms with Crippen LogP contribution in [0.2, 0.25) is 0 Å². The second-order valence-corrected chi connectivity index (χ2v) is 7.17. The summed E-state index contributed by atoms with van der Waals surface area (Å²) in [5.41, 5.74) is 6.88. The molecule has 0 aliphatic carbocycles. The van der Waals surface area contributed by atoms with Gasteiger partial charge in [0.25, 0.3) is 0 Å². The van der Waals surface area contributed by atoms with Gasteiger partial charge in [0.1, 0.15) is 5.38 Å². The molecule has 0 heterocycles. The molecule has 17 heavy (non-hydrogen) atoms. The molecule has 2 nitrogen and oxygen atoms in total. The third kappa shape index (κ3) is 4.70. The van der Waals surface area contributed by atoms with Gasteiger partial charge in [-0.3, -0.25) is 4.79 Å². The van der Waals surface area contributed by atoms with Crippen molar-refractivity contribution < 1.29 is 4.79 Å². The van der Waals surface area contributed by atoms with E-state index in [0.717, 1.165) is 5.56 Å². The Hall–Kier alpha value is -0.510. The average Bonchev–Trinajstić information content (AvgIpc) is 2.26. The largest absolute Gasteiger partial charge is 0.322 e. The maximum absolute atomic E-state index is 11.9. The van der Waals surface area contributed by atoms with Crippen molar-refractivity contribution in [2.24, 2.45) is 5.73 Å². The lowest BCUT2D eigenvalue weighted by atomic mass is 10.1. The van der Waals surface area contributed by atoms with Gasteiger partial charge >= 0.3 is 0 Å². The molecule has 0 amide bonds. The molecular formula is C13H18ClNOS. The van der Waals surface area contributed by atoms with Gasteiger partial charge in [-0.1, -0.05) is 62.9 Å². The minimum absolute atomic E-state index is 0.0736. The molecule has 0 bridgehead atoms. The van der Waals surface area contributed by atoms with Crippen LogP contribution in [0.3, 0.4) is 0 Å². The highest BCUT2D eigenvalue weighted by Crippen LogP contribution is 2.30. The molecule has 0 aliphatic rings. The molecule has 4 heteroatoms. The second-order valence-electron chi connectivity index (χ2n) is 4.87. The van der Waals surface area contributed by atoms with Crippen LogP contribution in [0, 0.1) is 0 Å². The summed E-state index contributed by atoms with van der Waals surface area (Å²) in [6, 6.07) is 9.00. The molecule has 0 saturated carbocycles. The van der Waals surface area contributed by atoms with Gasteiger partial charge < -0.3 is 5.73 Å². The molecule has 94 valence electrons. The van der Waals surface area contributed by atoms with Gasteiger partial charge in [0, 0.05) is 4.75 Å². The van der Waals surface area contributed by atoms with Crippen molar-refractivity contribution in [1.29, 1.82) is 0 Å². The normalized spacial score (nSPS) is 15.4. The van der Waals surface area contributed by atoms with Crippen LogP contribution in [0.4, 0.5) is 0 Å². The van der Waals surface area contributed by atoms with Gasteiger partial charge in [-0.2, -0.15) is 0 Å². The fraction of sp³-hybridized carbons (Fsp3) is 0.462. The van der Waals surface area contributed by atoms with Crippen LogP contribution in [0.1, 0.15) is 32.4 Å². The van der Waals surface area contributed by atoms with E-state index in [1.807, 2.05) is 51.1 Å². The molecular weight excluding hydrogens is 254 g/mol. The first-order valence-electron chi connectivity index (χ1n) is 5.49. The lowest BCUT2D eigenvalue weighted by Gasteiger charge is -2.21. The number of carbonyl (C=O) groups excluding carboxylic acids is 1. The Kier molecular flexibility index (Phi) is 5.04. The monoisotopic (exact) mass is 271 g/mol. The number of hydrogen-bond acceptors (Lipinski definition) is 3. The maximum atomic E-state index is 11.9. The van der Waals surface area contributed by atoms with Crippen LogP contribution >= 0.6 is 23.4 Å². The first kappa shape index (κ1) is 14.6. The summed E-state index contributed by atoms with van der Waals surface area (Å²) in [6.07, 6.45) is 0. The molecule has 1 aromatic rings. The Balaban J connectivity index is 2.70. The third-order valence-corrected chi connectivity index (χ3v) is 3.80. The van der Waals surface area contributed by atoms with Crippen LogP contribution in [0.5, 0.6) is 0 Å². The van der Waals surface area contributed by atoms with E-state index in [1.54, 1.807) is 0 Å². The Bertz CT molecular complexity index is 375. The van der Waals surface area contributed by atoms with Crippen LogP contribution in [-0.4, -0.2) is 15.2 Å². The molecule has 0 spiro atoms. The van der Waals surface area contributed by atoms with E-state index in [-0.39, 0.29) is 9.86 Å². The zero-order valence-corrected chi connectivity index (χ0v) is 11.9. The van der Waals surface area contributed by atoms with Crippen molar-refractivity contribution in [2.45, 2.75) is 36.9 Å². The smallest absolute Gasteiger partial charge is 0.209 e. The minimum atomic E-state index is -0.693. The minimum Gasteiger partial charge on any atom is -0.322 e. The molecule has 0 aromatic heterocycles. The molecule has 0 fully saturated rings. The average molecular weight is 272 g/mol. The zero-order chi connectivity index (χ0) is 13.1. The Morgan fingerprint density at radius 1 is 1.29 bits per heavy atom. The van der Waals surface area contributed by atoms with E-state index in [1.165, 1.54) is 11.8 Å². The summed E-state index contributed by atoms with van der Waals surface area (Å²) in [7, 11) is 0. The highest BCUT2D eigenvalue weighted by molar-refractivity contribution is 8.15. The summed E-state index contributed by atoms with van der Waals surface area (Å²) in [5, 5.41) is -0.767. The van der Waals surface area contributed by atoms with Gasteiger partial charge in [-0.15, -0.1) is 11.6 Å². The van der Waals surface area contributed by atoms with Crippen molar-refractivity contribution in [3.8, 4) is 0 Å². The van der Waals surface area contributed by atoms with Crippen molar-refractivity contribution in [3.05, 3.63) is 35.9 Å². The van der Waals surface area contributed by atoms with Gasteiger partial charge in [0.2, 0.25) is 5.12 Å². The fourth-order valence-corrected chi connectivity index (χ4v) is 2.49. The number of halogens is 1. The van der Waals surface area contributed by atoms with Crippen molar-refractivity contribution in [3.63, 3.8) is 0 Å². The maximum Gasteiger partial charge on any atom is 0.209 e. The number of benzene rings is 1. The molecule has 2 N–H and O–H groups in total. The number of thioether (sulfide) groups is 1. The van der Waals surface area contributed by atoms with E-state index in [0.29, 0.717) is 0 Å². The highest BCUT2D eigenvalue weighted by atomic mass is 35.5. The van der Waals surface area contributed by atoms with Crippen molar-refractivity contribution >= 4 is 28.5 Å². The first-order valence-corrected chi connectivity index (χ1v) is 6.74. The topological polar surface area (TPSA) is 43.1 Å². The summed E-state index contributed by atoms with van der Waals surface area (Å²) in [4.78, 5) is 11.9. The third-order valence-electron chi connectivity index (χ3n) is 2.13. The Morgan fingerprint density at radius 3 is 2.29 bits per heavy atom. The first-order chi connectivity index (χ1) is 7.81. The fourth-order valence-electron chi connectivity index (χ4n) is 1.35. The molecule has 0 aliphatic heterocycles. The molecule has 1 aromatic carbocycles. The Labute approximate surface area is 112 Å². The van der Waals surface area contributed by atoms with Gasteiger partial charge in [0.15, 0.2) is 0 Å². The van der Waals surface area contributed by atoms with Crippen LogP contribution in [0.15, 0.2) is 30.3 Å². The van der Waals surface area contributed by atoms with Crippen molar-refractivity contribution in [1.82, 2.24) is 0 Å². The number of carbonyl (C=O) groups is 1. The number of nitrogens with two attached hydrogens (primary N) is 1. The van der Waals surface area contributed by atoms with Crippen LogP contribution < -0.4 is 5.73 Å². The number of alkyl halides is 1. The predicted molar refractivity (Wildman–Crippen MR) is 75.4 cm³/mol. The van der Waals surface area contributed by atoms with Gasteiger partial charge in [-0.05, 0) is 5.56 Å². The van der Waals surface area contributed by atoms with Gasteiger partial charge in [-0.25, -0.2) is 0 Å². The Morgan fingerprint density at radius 2 is 1.82 bits per heavy atom. The molecule has 2 unspecified atom stereocenters. The summed E-state index contributed by atoms with van der Waals surface area (Å²) >= 11 is 7.36. The standard InChI is InChI=1S/C13H18ClNOS/c1-13(2,3)17-12(16)10(14)11(15)9-7-5-4-6-8-9/h4-8,10-11H,15H2,1-3H3. The lowest BCUT2D eigenvalue weighted by Crippen LogP contribution is -2.29. The van der Waals surface area contributed by atoms with E-state index in [4.69, 9.17) is 17.3 Å². The molecule has 2 atom stereocenters. The summed E-state index contributed by atoms with van der Waals surface area (Å²) in [5.74, 6) is 0. The summed E-state index contributed by atoms with van der Waals surface area (Å²) < 4.78 is -0.138. The second kappa shape index (κ2) is 5.89. The van der Waals surface area contributed by atoms with Crippen LogP contribution in [-0.2, 0) is 4.79 Å². The van der Waals surface area contributed by atoms with Gasteiger partial charge in [0.05, 0.1) is 6.04 Å². The van der Waals surface area contributed by atoms with E-state index < -0.39 is 11.4 Å². The van der Waals surface area contributed by atoms with E-state index in [9.17, 15) is 4.79 Å². The molecule has 0 saturated heterocycles. The molecule has 1 rings (SSSR count). The predicted octanol–water partition coefficient (Wildman–Crippen LogP) is 3.35. The highest BCUT2D eigenvalue weighted by Gasteiger charge is 2.28. The van der Waals surface area contributed by atoms with E-state index >= 15 is 0 Å². The number of hydrogen-bond donors (Lipinski definition) is 1. The SMILES string of the molecule is CC(C)(C)SC(=O)C(Cl)C(N)c1ccccc1. The number of rotatable bonds is 3. The van der Waals surface area contributed by atoms with E-state index in [2.05, 4.69) is 0 Å². The van der Waals surface area contributed by atoms with Crippen molar-refractivity contribution in [2.75, 3.05) is 0 Å².